The molecule has 2 aromatic rings. The van der Waals surface area contributed by atoms with Gasteiger partial charge in [-0.25, -0.2) is 21.6 Å². The fraction of sp³-hybridized carbons (Fsp3) is 0.353. The number of nitrogens with zero attached hydrogens (tertiary/aromatic N) is 2. The minimum atomic E-state index is -3.70. The highest BCUT2D eigenvalue weighted by atomic mass is 35.5. The number of sulfonamides is 2. The van der Waals surface area contributed by atoms with E-state index in [1.807, 2.05) is 0 Å². The summed E-state index contributed by atoms with van der Waals surface area (Å²) in [5, 5.41) is 0.169. The fourth-order valence-corrected chi connectivity index (χ4v) is 6.04. The molecule has 0 atom stereocenters. The number of halogens is 1. The average molecular weight is 430 g/mol. The second-order valence-corrected chi connectivity index (χ2v) is 10.4. The van der Waals surface area contributed by atoms with E-state index < -0.39 is 20.0 Å². The zero-order valence-electron chi connectivity index (χ0n) is 14.5. The largest absolute Gasteiger partial charge is 0.263 e. The number of benzene rings is 1. The van der Waals surface area contributed by atoms with Crippen LogP contribution in [0.3, 0.4) is 0 Å². The molecule has 0 amide bonds. The molecule has 27 heavy (non-hydrogen) atoms. The van der Waals surface area contributed by atoms with Crippen LogP contribution in [0.5, 0.6) is 0 Å². The summed E-state index contributed by atoms with van der Waals surface area (Å²) in [6, 6.07) is 9.36. The van der Waals surface area contributed by atoms with E-state index >= 15 is 0 Å². The number of hydrogen-bond donors (Lipinski definition) is 1. The molecule has 1 fully saturated rings. The predicted octanol–water partition coefficient (Wildman–Crippen LogP) is 2.11. The average Bonchev–Trinajstić information content (AvgIpc) is 2.68. The molecule has 1 aliphatic heterocycles. The Balaban J connectivity index is 1.58. The van der Waals surface area contributed by atoms with E-state index in [-0.39, 0.29) is 27.3 Å². The van der Waals surface area contributed by atoms with Crippen LogP contribution in [0.4, 0.5) is 0 Å². The monoisotopic (exact) mass is 429 g/mol. The maximum Gasteiger partial charge on any atom is 0.244 e. The summed E-state index contributed by atoms with van der Waals surface area (Å²) in [5.74, 6) is 0.0580. The van der Waals surface area contributed by atoms with Crippen molar-refractivity contribution in [2.45, 2.75) is 22.6 Å². The second-order valence-electron chi connectivity index (χ2n) is 6.32. The minimum absolute atomic E-state index is 0.0447. The standard InChI is InChI=1S/C17H20ClN3O4S2/c18-16-5-1-2-6-17(16)26(22,23)20-12-14-7-10-21(11-8-14)27(24,25)15-4-3-9-19-13-15/h1-6,9,13-14,20H,7-8,10-12H2. The molecule has 1 aromatic carbocycles. The van der Waals surface area contributed by atoms with Gasteiger partial charge >= 0.3 is 0 Å². The van der Waals surface area contributed by atoms with Crippen molar-refractivity contribution in [2.24, 2.45) is 5.92 Å². The maximum atomic E-state index is 12.6. The van der Waals surface area contributed by atoms with Gasteiger partial charge < -0.3 is 0 Å². The molecular formula is C17H20ClN3O4S2. The van der Waals surface area contributed by atoms with Crippen LogP contribution >= 0.6 is 11.6 Å². The van der Waals surface area contributed by atoms with Gasteiger partial charge in [0, 0.05) is 32.0 Å². The van der Waals surface area contributed by atoms with Gasteiger partial charge in [-0.2, -0.15) is 4.31 Å². The van der Waals surface area contributed by atoms with Crippen molar-refractivity contribution in [3.63, 3.8) is 0 Å². The topological polar surface area (TPSA) is 96.4 Å². The van der Waals surface area contributed by atoms with E-state index in [0.29, 0.717) is 25.9 Å². The lowest BCUT2D eigenvalue weighted by molar-refractivity contribution is 0.274. The number of hydrogen-bond acceptors (Lipinski definition) is 5. The van der Waals surface area contributed by atoms with Gasteiger partial charge in [0.25, 0.3) is 0 Å². The number of rotatable bonds is 6. The highest BCUT2D eigenvalue weighted by molar-refractivity contribution is 7.89. The minimum Gasteiger partial charge on any atom is -0.263 e. The van der Waals surface area contributed by atoms with Crippen LogP contribution < -0.4 is 4.72 Å². The van der Waals surface area contributed by atoms with Crippen LogP contribution in [0, 0.1) is 5.92 Å². The summed E-state index contributed by atoms with van der Waals surface area (Å²) in [4.78, 5) is 4.07. The van der Waals surface area contributed by atoms with Gasteiger partial charge in [-0.15, -0.1) is 0 Å². The van der Waals surface area contributed by atoms with Crippen LogP contribution in [0.1, 0.15) is 12.8 Å². The number of pyridine rings is 1. The molecule has 0 saturated carbocycles. The third-order valence-electron chi connectivity index (χ3n) is 4.53. The molecule has 10 heteroatoms. The van der Waals surface area contributed by atoms with Gasteiger partial charge in [-0.1, -0.05) is 23.7 Å². The Kier molecular flexibility index (Phi) is 6.17. The van der Waals surface area contributed by atoms with Crippen molar-refractivity contribution in [1.29, 1.82) is 0 Å². The molecule has 0 aliphatic carbocycles. The first-order valence-corrected chi connectivity index (χ1v) is 11.8. The quantitative estimate of drug-likeness (QED) is 0.758. The van der Waals surface area contributed by atoms with E-state index in [9.17, 15) is 16.8 Å². The van der Waals surface area contributed by atoms with E-state index in [1.54, 1.807) is 18.2 Å². The van der Waals surface area contributed by atoms with Crippen molar-refractivity contribution in [2.75, 3.05) is 19.6 Å². The molecule has 0 bridgehead atoms. The van der Waals surface area contributed by atoms with E-state index in [0.717, 1.165) is 0 Å². The highest BCUT2D eigenvalue weighted by Gasteiger charge is 2.30. The van der Waals surface area contributed by atoms with Crippen molar-refractivity contribution in [1.82, 2.24) is 14.0 Å². The van der Waals surface area contributed by atoms with Crippen LogP contribution in [0.25, 0.3) is 0 Å². The first-order valence-electron chi connectivity index (χ1n) is 8.45. The van der Waals surface area contributed by atoms with E-state index in [1.165, 1.54) is 34.9 Å². The van der Waals surface area contributed by atoms with Crippen molar-refractivity contribution in [3.05, 3.63) is 53.8 Å². The Hall–Kier alpha value is -1.52. The third kappa shape index (κ3) is 4.67. The molecule has 1 saturated heterocycles. The Labute approximate surface area is 164 Å². The van der Waals surface area contributed by atoms with Crippen molar-refractivity contribution in [3.8, 4) is 0 Å². The number of nitrogens with one attached hydrogen (secondary N) is 1. The lowest BCUT2D eigenvalue weighted by atomic mass is 9.99. The first kappa shape index (κ1) is 20.2. The number of piperidine rings is 1. The van der Waals surface area contributed by atoms with Gasteiger partial charge in [-0.3, -0.25) is 4.98 Å². The molecular weight excluding hydrogens is 410 g/mol. The Bertz CT molecular complexity index is 990. The lowest BCUT2D eigenvalue weighted by Crippen LogP contribution is -2.41. The molecule has 1 N–H and O–H groups in total. The van der Waals surface area contributed by atoms with Crippen LogP contribution in [-0.2, 0) is 20.0 Å². The summed E-state index contributed by atoms with van der Waals surface area (Å²) in [5.41, 5.74) is 0. The SMILES string of the molecule is O=S(=O)(NCC1CCN(S(=O)(=O)c2cccnc2)CC1)c1ccccc1Cl. The zero-order chi connectivity index (χ0) is 19.5. The lowest BCUT2D eigenvalue weighted by Gasteiger charge is -2.31. The predicted molar refractivity (Wildman–Crippen MR) is 102 cm³/mol. The van der Waals surface area contributed by atoms with E-state index in [2.05, 4.69) is 9.71 Å². The Morgan fingerprint density at radius 2 is 1.78 bits per heavy atom. The molecule has 7 nitrogen and oxygen atoms in total. The molecule has 146 valence electrons. The number of aromatic nitrogens is 1. The summed E-state index contributed by atoms with van der Waals surface area (Å²) in [7, 11) is -7.26. The molecule has 0 unspecified atom stereocenters. The normalized spacial score (nSPS) is 17.1. The Morgan fingerprint density at radius 1 is 1.07 bits per heavy atom. The maximum absolute atomic E-state index is 12.6. The summed E-state index contributed by atoms with van der Waals surface area (Å²) >= 11 is 5.96. The van der Waals surface area contributed by atoms with Crippen LogP contribution in [0.15, 0.2) is 58.6 Å². The van der Waals surface area contributed by atoms with Gasteiger partial charge in [0.1, 0.15) is 9.79 Å². The summed E-state index contributed by atoms with van der Waals surface area (Å²) < 4.78 is 54.0. The molecule has 3 rings (SSSR count). The Morgan fingerprint density at radius 3 is 2.41 bits per heavy atom. The molecule has 0 spiro atoms. The smallest absolute Gasteiger partial charge is 0.244 e. The second kappa shape index (κ2) is 8.24. The van der Waals surface area contributed by atoms with Crippen molar-refractivity contribution >= 4 is 31.6 Å². The fourth-order valence-electron chi connectivity index (χ4n) is 2.97. The first-order chi connectivity index (χ1) is 12.8. The zero-order valence-corrected chi connectivity index (χ0v) is 16.8. The third-order valence-corrected chi connectivity index (χ3v) is 8.34. The molecule has 1 aromatic heterocycles. The summed E-state index contributed by atoms with van der Waals surface area (Å²) in [6.45, 7) is 0.930. The highest BCUT2D eigenvalue weighted by Crippen LogP contribution is 2.24. The molecule has 1 aliphatic rings. The van der Waals surface area contributed by atoms with Gasteiger partial charge in [0.05, 0.1) is 5.02 Å². The molecule has 2 heterocycles. The van der Waals surface area contributed by atoms with Crippen LogP contribution in [0.2, 0.25) is 5.02 Å². The van der Waals surface area contributed by atoms with Gasteiger partial charge in [-0.05, 0) is 43.0 Å². The van der Waals surface area contributed by atoms with E-state index in [4.69, 9.17) is 11.6 Å². The van der Waals surface area contributed by atoms with Crippen molar-refractivity contribution < 1.29 is 16.8 Å². The van der Waals surface area contributed by atoms with Gasteiger partial charge in [0.15, 0.2) is 0 Å². The van der Waals surface area contributed by atoms with Gasteiger partial charge in [0.2, 0.25) is 20.0 Å². The van der Waals surface area contributed by atoms with Crippen LogP contribution in [-0.4, -0.2) is 45.8 Å². The summed E-state index contributed by atoms with van der Waals surface area (Å²) in [6.07, 6.45) is 4.00. The molecule has 0 radical (unpaired) electrons.